The van der Waals surface area contributed by atoms with Crippen molar-refractivity contribution in [2.45, 2.75) is 129 Å². The number of aliphatic carboxylic acids is 1. The van der Waals surface area contributed by atoms with Crippen molar-refractivity contribution in [1.82, 2.24) is 10.6 Å². The SMILES string of the molecule is CCCCCCCCCCCCCC(=O)N[C@H](C(=O)N[C@@H](CCCCN)C(=O)O)C(C)C. The highest BCUT2D eigenvalue weighted by atomic mass is 16.4. The van der Waals surface area contributed by atoms with E-state index in [1.54, 1.807) is 0 Å². The summed E-state index contributed by atoms with van der Waals surface area (Å²) in [4.78, 5) is 36.4. The van der Waals surface area contributed by atoms with Gasteiger partial charge in [0.1, 0.15) is 12.1 Å². The van der Waals surface area contributed by atoms with E-state index in [4.69, 9.17) is 5.73 Å². The van der Waals surface area contributed by atoms with Crippen LogP contribution < -0.4 is 16.4 Å². The molecule has 0 aromatic rings. The molecule has 7 nitrogen and oxygen atoms in total. The Bertz CT molecular complexity index is 511. The maximum atomic E-state index is 12.6. The molecule has 0 saturated carbocycles. The van der Waals surface area contributed by atoms with Gasteiger partial charge in [-0.05, 0) is 38.1 Å². The molecular weight excluding hydrogens is 406 g/mol. The van der Waals surface area contributed by atoms with Crippen molar-refractivity contribution in [1.29, 1.82) is 0 Å². The fourth-order valence-corrected chi connectivity index (χ4v) is 3.74. The molecular formula is C25H49N3O4. The van der Waals surface area contributed by atoms with Crippen LogP contribution in [0.1, 0.15) is 117 Å². The van der Waals surface area contributed by atoms with Crippen LogP contribution >= 0.6 is 0 Å². The van der Waals surface area contributed by atoms with Gasteiger partial charge in [-0.25, -0.2) is 4.79 Å². The van der Waals surface area contributed by atoms with Crippen LogP contribution in [0.15, 0.2) is 0 Å². The van der Waals surface area contributed by atoms with Gasteiger partial charge >= 0.3 is 5.97 Å². The Morgan fingerprint density at radius 3 is 1.78 bits per heavy atom. The number of carbonyl (C=O) groups is 3. The molecule has 0 saturated heterocycles. The molecule has 0 aromatic carbocycles. The molecule has 5 N–H and O–H groups in total. The van der Waals surface area contributed by atoms with E-state index >= 15 is 0 Å². The van der Waals surface area contributed by atoms with Gasteiger partial charge in [0.15, 0.2) is 0 Å². The van der Waals surface area contributed by atoms with Gasteiger partial charge in [0, 0.05) is 6.42 Å². The van der Waals surface area contributed by atoms with Crippen molar-refractivity contribution >= 4 is 17.8 Å². The Labute approximate surface area is 195 Å². The number of unbranched alkanes of at least 4 members (excludes halogenated alkanes) is 11. The minimum absolute atomic E-state index is 0.130. The summed E-state index contributed by atoms with van der Waals surface area (Å²) in [7, 11) is 0. The number of carboxylic acid groups (broad SMARTS) is 1. The maximum Gasteiger partial charge on any atom is 0.326 e. The largest absolute Gasteiger partial charge is 0.480 e. The minimum Gasteiger partial charge on any atom is -0.480 e. The Hall–Kier alpha value is -1.63. The predicted molar refractivity (Wildman–Crippen MR) is 130 cm³/mol. The molecule has 2 atom stereocenters. The standard InChI is InChI=1S/C25H49N3O4/c1-4-5-6-7-8-9-10-11-12-13-14-18-22(29)28-23(20(2)3)24(30)27-21(25(31)32)17-15-16-19-26/h20-21,23H,4-19,26H2,1-3H3,(H,27,30)(H,28,29)(H,31,32)/t21-,23-/m0/s1. The van der Waals surface area contributed by atoms with Crippen LogP contribution in [-0.2, 0) is 14.4 Å². The predicted octanol–water partition coefficient (Wildman–Crippen LogP) is 4.53. The summed E-state index contributed by atoms with van der Waals surface area (Å²) in [5, 5.41) is 14.7. The van der Waals surface area contributed by atoms with Crippen LogP contribution in [0.4, 0.5) is 0 Å². The lowest BCUT2D eigenvalue weighted by Crippen LogP contribution is -2.53. The third-order valence-electron chi connectivity index (χ3n) is 5.83. The highest BCUT2D eigenvalue weighted by Gasteiger charge is 2.28. The molecule has 0 bridgehead atoms. The lowest BCUT2D eigenvalue weighted by atomic mass is 10.0. The zero-order valence-electron chi connectivity index (χ0n) is 20.8. The monoisotopic (exact) mass is 455 g/mol. The van der Waals surface area contributed by atoms with Crippen molar-refractivity contribution in [3.05, 3.63) is 0 Å². The molecule has 7 heteroatoms. The summed E-state index contributed by atoms with van der Waals surface area (Å²) >= 11 is 0. The molecule has 32 heavy (non-hydrogen) atoms. The van der Waals surface area contributed by atoms with Gasteiger partial charge in [-0.15, -0.1) is 0 Å². The minimum atomic E-state index is -1.06. The van der Waals surface area contributed by atoms with E-state index in [2.05, 4.69) is 17.6 Å². The lowest BCUT2D eigenvalue weighted by molar-refractivity contribution is -0.142. The first kappa shape index (κ1) is 30.4. The summed E-state index contributed by atoms with van der Waals surface area (Å²) < 4.78 is 0. The summed E-state index contributed by atoms with van der Waals surface area (Å²) in [6, 6.07) is -1.69. The van der Waals surface area contributed by atoms with E-state index in [-0.39, 0.29) is 11.8 Å². The molecule has 188 valence electrons. The van der Waals surface area contributed by atoms with Gasteiger partial charge < -0.3 is 21.5 Å². The van der Waals surface area contributed by atoms with Crippen molar-refractivity contribution < 1.29 is 19.5 Å². The van der Waals surface area contributed by atoms with E-state index in [9.17, 15) is 19.5 Å². The molecule has 0 aliphatic heterocycles. The van der Waals surface area contributed by atoms with Gasteiger partial charge in [-0.2, -0.15) is 0 Å². The lowest BCUT2D eigenvalue weighted by Gasteiger charge is -2.24. The molecule has 0 rings (SSSR count). The topological polar surface area (TPSA) is 122 Å². The average molecular weight is 456 g/mol. The number of nitrogens with two attached hydrogens (primary N) is 1. The number of carboxylic acids is 1. The van der Waals surface area contributed by atoms with E-state index in [0.29, 0.717) is 32.2 Å². The summed E-state index contributed by atoms with van der Waals surface area (Å²) in [6.45, 7) is 6.41. The Morgan fingerprint density at radius 1 is 0.781 bits per heavy atom. The number of hydrogen-bond donors (Lipinski definition) is 4. The second-order valence-electron chi connectivity index (χ2n) is 9.26. The van der Waals surface area contributed by atoms with Crippen LogP contribution in [0, 0.1) is 5.92 Å². The first-order chi connectivity index (χ1) is 15.3. The number of amides is 2. The Balaban J connectivity index is 4.15. The van der Waals surface area contributed by atoms with E-state index in [0.717, 1.165) is 19.3 Å². The zero-order valence-corrected chi connectivity index (χ0v) is 20.8. The van der Waals surface area contributed by atoms with E-state index < -0.39 is 24.0 Å². The summed E-state index contributed by atoms with van der Waals surface area (Å²) in [5.41, 5.74) is 5.45. The third kappa shape index (κ3) is 16.1. The first-order valence-corrected chi connectivity index (χ1v) is 12.9. The van der Waals surface area contributed by atoms with Gasteiger partial charge in [0.05, 0.1) is 0 Å². The molecule has 0 spiro atoms. The Morgan fingerprint density at radius 2 is 1.31 bits per heavy atom. The molecule has 0 heterocycles. The smallest absolute Gasteiger partial charge is 0.326 e. The second kappa shape index (κ2) is 20.0. The molecule has 0 aliphatic rings. The molecule has 0 aromatic heterocycles. The van der Waals surface area contributed by atoms with Crippen molar-refractivity contribution in [2.24, 2.45) is 11.7 Å². The van der Waals surface area contributed by atoms with Crippen LogP contribution in [0.25, 0.3) is 0 Å². The molecule has 0 fully saturated rings. The molecule has 2 amide bonds. The number of nitrogens with one attached hydrogen (secondary N) is 2. The highest BCUT2D eigenvalue weighted by Crippen LogP contribution is 2.12. The summed E-state index contributed by atoms with van der Waals surface area (Å²) in [5.74, 6) is -1.78. The van der Waals surface area contributed by atoms with Crippen molar-refractivity contribution in [2.75, 3.05) is 6.54 Å². The van der Waals surface area contributed by atoms with Gasteiger partial charge in [0.2, 0.25) is 11.8 Å². The highest BCUT2D eigenvalue weighted by molar-refractivity contribution is 5.90. The maximum absolute atomic E-state index is 12.6. The molecule has 0 radical (unpaired) electrons. The average Bonchev–Trinajstić information content (AvgIpc) is 2.74. The van der Waals surface area contributed by atoms with Crippen LogP contribution in [0.5, 0.6) is 0 Å². The van der Waals surface area contributed by atoms with E-state index in [1.807, 2.05) is 13.8 Å². The third-order valence-corrected chi connectivity index (χ3v) is 5.83. The fraction of sp³-hybridized carbons (Fsp3) is 0.880. The quantitative estimate of drug-likeness (QED) is 0.189. The van der Waals surface area contributed by atoms with E-state index in [1.165, 1.54) is 51.4 Å². The summed E-state index contributed by atoms with van der Waals surface area (Å²) in [6.07, 6.45) is 15.5. The number of carbonyl (C=O) groups excluding carboxylic acids is 2. The van der Waals surface area contributed by atoms with Crippen molar-refractivity contribution in [3.8, 4) is 0 Å². The first-order valence-electron chi connectivity index (χ1n) is 12.9. The van der Waals surface area contributed by atoms with Crippen molar-refractivity contribution in [3.63, 3.8) is 0 Å². The Kier molecular flexibility index (Phi) is 19.0. The van der Waals surface area contributed by atoms with Crippen LogP contribution in [-0.4, -0.2) is 41.5 Å². The molecule has 0 aliphatic carbocycles. The van der Waals surface area contributed by atoms with Gasteiger partial charge in [-0.1, -0.05) is 85.0 Å². The second-order valence-corrected chi connectivity index (χ2v) is 9.26. The molecule has 0 unspecified atom stereocenters. The van der Waals surface area contributed by atoms with Gasteiger partial charge in [0.25, 0.3) is 0 Å². The van der Waals surface area contributed by atoms with Gasteiger partial charge in [-0.3, -0.25) is 9.59 Å². The zero-order chi connectivity index (χ0) is 24.2. The fourth-order valence-electron chi connectivity index (χ4n) is 3.74. The van der Waals surface area contributed by atoms with Crippen LogP contribution in [0.3, 0.4) is 0 Å². The normalized spacial score (nSPS) is 13.0. The number of hydrogen-bond acceptors (Lipinski definition) is 4. The van der Waals surface area contributed by atoms with Crippen LogP contribution in [0.2, 0.25) is 0 Å². The number of rotatable bonds is 21.